The van der Waals surface area contributed by atoms with Gasteiger partial charge in [-0.25, -0.2) is 0 Å². The fourth-order valence-electron chi connectivity index (χ4n) is 1.40. The predicted molar refractivity (Wildman–Crippen MR) is 72.9 cm³/mol. The van der Waals surface area contributed by atoms with Crippen molar-refractivity contribution in [3.8, 4) is 0 Å². The third-order valence-corrected chi connectivity index (χ3v) is 2.27. The van der Waals surface area contributed by atoms with Gasteiger partial charge in [-0.15, -0.1) is 5.10 Å². The van der Waals surface area contributed by atoms with E-state index in [2.05, 4.69) is 39.7 Å². The molecule has 0 aliphatic carbocycles. The molecule has 0 unspecified atom stereocenters. The first-order chi connectivity index (χ1) is 8.74. The summed E-state index contributed by atoms with van der Waals surface area (Å²) in [5, 5.41) is 14.2. The molecular weight excluding hydrogens is 226 g/mol. The summed E-state index contributed by atoms with van der Waals surface area (Å²) in [5.74, 6) is 1.77. The maximum atomic E-state index is 4.34. The van der Waals surface area contributed by atoms with Crippen LogP contribution in [0.1, 0.15) is 13.8 Å². The highest BCUT2D eigenvalue weighted by Crippen LogP contribution is 2.13. The van der Waals surface area contributed by atoms with Crippen molar-refractivity contribution in [3.05, 3.63) is 36.5 Å². The van der Waals surface area contributed by atoms with Crippen LogP contribution < -0.4 is 10.6 Å². The second kappa shape index (κ2) is 5.95. The number of nitrogens with one attached hydrogen (secondary N) is 2. The molecule has 0 saturated heterocycles. The van der Waals surface area contributed by atoms with Gasteiger partial charge in [-0.05, 0) is 18.1 Å². The lowest BCUT2D eigenvalue weighted by atomic mass is 10.2. The number of para-hydroxylation sites is 1. The molecule has 1 heterocycles. The molecule has 2 rings (SSSR count). The zero-order chi connectivity index (χ0) is 12.8. The molecule has 18 heavy (non-hydrogen) atoms. The molecule has 2 aromatic rings. The van der Waals surface area contributed by atoms with Crippen molar-refractivity contribution in [3.63, 3.8) is 0 Å². The van der Waals surface area contributed by atoms with Gasteiger partial charge in [-0.3, -0.25) is 0 Å². The summed E-state index contributed by atoms with van der Waals surface area (Å²) in [4.78, 5) is 4.34. The van der Waals surface area contributed by atoms with E-state index in [1.54, 1.807) is 6.20 Å². The second-order valence-electron chi connectivity index (χ2n) is 4.43. The Morgan fingerprint density at radius 3 is 2.67 bits per heavy atom. The van der Waals surface area contributed by atoms with Gasteiger partial charge in [0, 0.05) is 12.2 Å². The van der Waals surface area contributed by atoms with Crippen LogP contribution in [0.15, 0.2) is 36.5 Å². The van der Waals surface area contributed by atoms with E-state index in [4.69, 9.17) is 0 Å². The van der Waals surface area contributed by atoms with E-state index in [0.29, 0.717) is 17.7 Å². The molecule has 1 aromatic heterocycles. The van der Waals surface area contributed by atoms with E-state index >= 15 is 0 Å². The quantitative estimate of drug-likeness (QED) is 0.845. The van der Waals surface area contributed by atoms with Crippen molar-refractivity contribution in [1.29, 1.82) is 0 Å². The van der Waals surface area contributed by atoms with E-state index in [-0.39, 0.29) is 0 Å². The Hall–Kier alpha value is -2.17. The van der Waals surface area contributed by atoms with Crippen LogP contribution in [0.25, 0.3) is 0 Å². The van der Waals surface area contributed by atoms with Gasteiger partial charge in [0.25, 0.3) is 0 Å². The van der Waals surface area contributed by atoms with E-state index in [1.165, 1.54) is 0 Å². The van der Waals surface area contributed by atoms with E-state index < -0.39 is 0 Å². The van der Waals surface area contributed by atoms with Gasteiger partial charge in [0.15, 0.2) is 5.82 Å². The standard InChI is InChI=1S/C13H17N5/c1-10(2)8-14-13-17-12(9-15-18-13)16-11-6-4-3-5-7-11/h3-7,9-10H,8H2,1-2H3,(H2,14,16,17,18). The highest BCUT2D eigenvalue weighted by Gasteiger charge is 2.01. The second-order valence-corrected chi connectivity index (χ2v) is 4.43. The van der Waals surface area contributed by atoms with Gasteiger partial charge in [0.1, 0.15) is 0 Å². The van der Waals surface area contributed by atoms with Gasteiger partial charge < -0.3 is 10.6 Å². The summed E-state index contributed by atoms with van der Waals surface area (Å²) in [6.07, 6.45) is 1.60. The summed E-state index contributed by atoms with van der Waals surface area (Å²) in [7, 11) is 0. The van der Waals surface area contributed by atoms with Gasteiger partial charge in [0.2, 0.25) is 5.95 Å². The Balaban J connectivity index is 2.03. The topological polar surface area (TPSA) is 62.7 Å². The number of rotatable bonds is 5. The first-order valence-electron chi connectivity index (χ1n) is 5.99. The SMILES string of the molecule is CC(C)CNc1nncc(Nc2ccccc2)n1. The molecule has 0 amide bonds. The number of benzene rings is 1. The minimum atomic E-state index is 0.541. The summed E-state index contributed by atoms with van der Waals surface area (Å²) in [6, 6.07) is 9.86. The lowest BCUT2D eigenvalue weighted by Gasteiger charge is -2.08. The molecule has 0 spiro atoms. The van der Waals surface area contributed by atoms with Crippen molar-refractivity contribution < 1.29 is 0 Å². The van der Waals surface area contributed by atoms with Crippen LogP contribution in [0.3, 0.4) is 0 Å². The largest absolute Gasteiger partial charge is 0.353 e. The van der Waals surface area contributed by atoms with Crippen molar-refractivity contribution in [2.24, 2.45) is 5.92 Å². The van der Waals surface area contributed by atoms with E-state index in [0.717, 1.165) is 12.2 Å². The van der Waals surface area contributed by atoms with Crippen LogP contribution in [0.5, 0.6) is 0 Å². The summed E-state index contributed by atoms with van der Waals surface area (Å²) < 4.78 is 0. The van der Waals surface area contributed by atoms with Crippen molar-refractivity contribution >= 4 is 17.5 Å². The third-order valence-electron chi connectivity index (χ3n) is 2.27. The average Bonchev–Trinajstić information content (AvgIpc) is 2.38. The molecule has 94 valence electrons. The predicted octanol–water partition coefficient (Wildman–Crippen LogP) is 2.68. The van der Waals surface area contributed by atoms with Crippen LogP contribution in [0.2, 0.25) is 0 Å². The Morgan fingerprint density at radius 1 is 1.17 bits per heavy atom. The Morgan fingerprint density at radius 2 is 1.94 bits per heavy atom. The van der Waals surface area contributed by atoms with Gasteiger partial charge in [0.05, 0.1) is 6.20 Å². The smallest absolute Gasteiger partial charge is 0.244 e. The minimum Gasteiger partial charge on any atom is -0.353 e. The molecule has 0 saturated carbocycles. The lowest BCUT2D eigenvalue weighted by Crippen LogP contribution is -2.11. The molecular formula is C13H17N5. The molecule has 5 nitrogen and oxygen atoms in total. The van der Waals surface area contributed by atoms with Crippen molar-refractivity contribution in [2.75, 3.05) is 17.2 Å². The normalized spacial score (nSPS) is 10.4. The monoisotopic (exact) mass is 243 g/mol. The fraction of sp³-hybridized carbons (Fsp3) is 0.308. The van der Waals surface area contributed by atoms with Gasteiger partial charge in [-0.2, -0.15) is 10.1 Å². The van der Waals surface area contributed by atoms with Gasteiger partial charge >= 0.3 is 0 Å². The maximum absolute atomic E-state index is 4.34. The maximum Gasteiger partial charge on any atom is 0.244 e. The van der Waals surface area contributed by atoms with Crippen molar-refractivity contribution in [2.45, 2.75) is 13.8 Å². The average molecular weight is 243 g/mol. The molecule has 0 fully saturated rings. The Kier molecular flexibility index (Phi) is 4.06. The molecule has 1 aromatic carbocycles. The highest BCUT2D eigenvalue weighted by atomic mass is 15.3. The Bertz CT molecular complexity index is 484. The minimum absolute atomic E-state index is 0.541. The van der Waals surface area contributed by atoms with Crippen molar-refractivity contribution in [1.82, 2.24) is 15.2 Å². The van der Waals surface area contributed by atoms with Gasteiger partial charge in [-0.1, -0.05) is 32.0 Å². The van der Waals surface area contributed by atoms with Crippen LogP contribution in [-0.2, 0) is 0 Å². The van der Waals surface area contributed by atoms with E-state index in [9.17, 15) is 0 Å². The number of aromatic nitrogens is 3. The van der Waals surface area contributed by atoms with Crippen LogP contribution >= 0.6 is 0 Å². The highest BCUT2D eigenvalue weighted by molar-refractivity contribution is 5.55. The molecule has 0 bridgehead atoms. The summed E-state index contributed by atoms with van der Waals surface area (Å²) in [5.41, 5.74) is 0.979. The summed E-state index contributed by atoms with van der Waals surface area (Å²) >= 11 is 0. The molecule has 0 atom stereocenters. The zero-order valence-electron chi connectivity index (χ0n) is 10.6. The number of hydrogen-bond acceptors (Lipinski definition) is 5. The Labute approximate surface area is 107 Å². The number of anilines is 3. The first-order valence-corrected chi connectivity index (χ1v) is 5.99. The van der Waals surface area contributed by atoms with Crippen LogP contribution in [-0.4, -0.2) is 21.7 Å². The third kappa shape index (κ3) is 3.69. The number of hydrogen-bond donors (Lipinski definition) is 2. The molecule has 5 heteroatoms. The van der Waals surface area contributed by atoms with Crippen LogP contribution in [0.4, 0.5) is 17.5 Å². The molecule has 2 N–H and O–H groups in total. The number of nitrogens with zero attached hydrogens (tertiary/aromatic N) is 3. The molecule has 0 aliphatic rings. The van der Waals surface area contributed by atoms with Crippen LogP contribution in [0, 0.1) is 5.92 Å². The zero-order valence-corrected chi connectivity index (χ0v) is 10.6. The fourth-order valence-corrected chi connectivity index (χ4v) is 1.40. The summed E-state index contributed by atoms with van der Waals surface area (Å²) in [6.45, 7) is 5.09. The van der Waals surface area contributed by atoms with E-state index in [1.807, 2.05) is 30.3 Å². The lowest BCUT2D eigenvalue weighted by molar-refractivity contribution is 0.682. The molecule has 0 radical (unpaired) electrons. The molecule has 0 aliphatic heterocycles. The first kappa shape index (κ1) is 12.3.